The molecule has 8 heteroatoms. The molecule has 0 aliphatic rings. The monoisotopic (exact) mass is 339 g/mol. The summed E-state index contributed by atoms with van der Waals surface area (Å²) in [6.45, 7) is 1.72. The molecule has 1 unspecified atom stereocenters. The number of carboxylic acids is 1. The summed E-state index contributed by atoms with van der Waals surface area (Å²) >= 11 is 3.16. The second kappa shape index (κ2) is 6.97. The van der Waals surface area contributed by atoms with Crippen molar-refractivity contribution in [2.45, 2.75) is 11.3 Å². The van der Waals surface area contributed by atoms with E-state index in [0.717, 1.165) is 14.6 Å². The van der Waals surface area contributed by atoms with E-state index in [1.165, 1.54) is 4.90 Å². The van der Waals surface area contributed by atoms with Gasteiger partial charge in [-0.25, -0.2) is 9.78 Å². The fourth-order valence-electron chi connectivity index (χ4n) is 1.86. The van der Waals surface area contributed by atoms with Gasteiger partial charge in [-0.05, 0) is 24.5 Å². The molecule has 6 nitrogen and oxygen atoms in total. The summed E-state index contributed by atoms with van der Waals surface area (Å²) in [4.78, 5) is 28.7. The first kappa shape index (κ1) is 16.6. The van der Waals surface area contributed by atoms with Gasteiger partial charge in [-0.3, -0.25) is 4.79 Å². The molecular weight excluding hydrogens is 322 g/mol. The molecule has 0 fully saturated rings. The molecule has 1 heterocycles. The molecule has 2 N–H and O–H groups in total. The molecule has 0 radical (unpaired) electrons. The maximum Gasteiger partial charge on any atom is 0.321 e. The predicted molar refractivity (Wildman–Crippen MR) is 89.8 cm³/mol. The van der Waals surface area contributed by atoms with Gasteiger partial charge in [0.15, 0.2) is 4.34 Å². The summed E-state index contributed by atoms with van der Waals surface area (Å²) in [6, 6.07) is 5.20. The quantitative estimate of drug-likeness (QED) is 0.818. The Kier molecular flexibility index (Phi) is 5.25. The Labute approximate surface area is 136 Å². The Morgan fingerprint density at radius 3 is 2.86 bits per heavy atom. The zero-order valence-corrected chi connectivity index (χ0v) is 14.1. The smallest absolute Gasteiger partial charge is 0.321 e. The molecule has 0 bridgehead atoms. The number of carbonyl (C=O) groups excluding carboxylic acids is 1. The van der Waals surface area contributed by atoms with Crippen LogP contribution in [0.2, 0.25) is 0 Å². The van der Waals surface area contributed by atoms with E-state index in [1.807, 2.05) is 18.4 Å². The number of carbonyl (C=O) groups is 2. The minimum atomic E-state index is -0.921. The zero-order chi connectivity index (χ0) is 16.3. The Balaban J connectivity index is 2.06. The van der Waals surface area contributed by atoms with Gasteiger partial charge in [0.05, 0.1) is 16.1 Å². The average Bonchev–Trinajstić information content (AvgIpc) is 2.89. The molecule has 118 valence electrons. The highest BCUT2D eigenvalue weighted by atomic mass is 32.2. The fourth-order valence-corrected chi connectivity index (χ4v) is 3.39. The number of urea groups is 1. The summed E-state index contributed by atoms with van der Waals surface area (Å²) < 4.78 is 1.98. The topological polar surface area (TPSA) is 82.5 Å². The first-order valence-electron chi connectivity index (χ1n) is 6.60. The lowest BCUT2D eigenvalue weighted by Crippen LogP contribution is -2.36. The Morgan fingerprint density at radius 1 is 1.50 bits per heavy atom. The van der Waals surface area contributed by atoms with E-state index < -0.39 is 11.9 Å². The van der Waals surface area contributed by atoms with Crippen molar-refractivity contribution in [3.63, 3.8) is 0 Å². The first-order chi connectivity index (χ1) is 10.4. The molecular formula is C14H17N3O3S2. The predicted octanol–water partition coefficient (Wildman–Crippen LogP) is 3.20. The number of thiazole rings is 1. The van der Waals surface area contributed by atoms with Crippen LogP contribution in [0, 0.1) is 5.92 Å². The minimum Gasteiger partial charge on any atom is -0.481 e. The van der Waals surface area contributed by atoms with Gasteiger partial charge in [-0.1, -0.05) is 18.7 Å². The Bertz CT molecular complexity index is 702. The molecule has 1 aromatic heterocycles. The number of thioether (sulfide) groups is 1. The van der Waals surface area contributed by atoms with Gasteiger partial charge < -0.3 is 15.3 Å². The Hall–Kier alpha value is -1.80. The molecule has 22 heavy (non-hydrogen) atoms. The summed E-state index contributed by atoms with van der Waals surface area (Å²) in [5, 5.41) is 11.7. The minimum absolute atomic E-state index is 0.153. The van der Waals surface area contributed by atoms with Crippen molar-refractivity contribution in [1.82, 2.24) is 9.88 Å². The van der Waals surface area contributed by atoms with Crippen LogP contribution in [0.25, 0.3) is 10.2 Å². The van der Waals surface area contributed by atoms with E-state index >= 15 is 0 Å². The number of nitrogens with one attached hydrogen (secondary N) is 1. The summed E-state index contributed by atoms with van der Waals surface area (Å²) in [6.07, 6.45) is 1.97. The van der Waals surface area contributed by atoms with E-state index in [1.54, 1.807) is 43.1 Å². The average molecular weight is 339 g/mol. The van der Waals surface area contributed by atoms with Gasteiger partial charge in [0.25, 0.3) is 0 Å². The zero-order valence-electron chi connectivity index (χ0n) is 12.5. The van der Waals surface area contributed by atoms with Crippen molar-refractivity contribution in [1.29, 1.82) is 0 Å². The van der Waals surface area contributed by atoms with Gasteiger partial charge in [0, 0.05) is 19.3 Å². The number of amides is 2. The highest BCUT2D eigenvalue weighted by Crippen LogP contribution is 2.30. The highest BCUT2D eigenvalue weighted by molar-refractivity contribution is 8.00. The van der Waals surface area contributed by atoms with E-state index in [9.17, 15) is 9.59 Å². The SMILES string of the molecule is CSc1nc2ccc(NC(=O)N(C)CC(C)C(=O)O)cc2s1. The molecule has 0 spiro atoms. The van der Waals surface area contributed by atoms with E-state index in [4.69, 9.17) is 5.11 Å². The summed E-state index contributed by atoms with van der Waals surface area (Å²) in [5.41, 5.74) is 1.57. The van der Waals surface area contributed by atoms with Crippen molar-refractivity contribution < 1.29 is 14.7 Å². The van der Waals surface area contributed by atoms with Crippen LogP contribution in [0.15, 0.2) is 22.5 Å². The van der Waals surface area contributed by atoms with Gasteiger partial charge in [-0.2, -0.15) is 0 Å². The van der Waals surface area contributed by atoms with E-state index in [0.29, 0.717) is 5.69 Å². The normalized spacial score (nSPS) is 12.1. The molecule has 2 rings (SSSR count). The van der Waals surface area contributed by atoms with Gasteiger partial charge >= 0.3 is 12.0 Å². The fraction of sp³-hybridized carbons (Fsp3) is 0.357. The van der Waals surface area contributed by atoms with Gasteiger partial charge in [0.1, 0.15) is 0 Å². The number of carboxylic acid groups (broad SMARTS) is 1. The van der Waals surface area contributed by atoms with Gasteiger partial charge in [-0.15, -0.1) is 11.3 Å². The number of aliphatic carboxylic acids is 1. The molecule has 0 aliphatic carbocycles. The number of hydrogen-bond acceptors (Lipinski definition) is 5. The molecule has 1 aromatic carbocycles. The molecule has 0 aliphatic heterocycles. The number of fused-ring (bicyclic) bond motifs is 1. The maximum absolute atomic E-state index is 12.1. The van der Waals surface area contributed by atoms with Crippen molar-refractivity contribution in [3.05, 3.63) is 18.2 Å². The van der Waals surface area contributed by atoms with Crippen LogP contribution in [0.4, 0.5) is 10.5 Å². The van der Waals surface area contributed by atoms with Crippen LogP contribution >= 0.6 is 23.1 Å². The maximum atomic E-state index is 12.1. The van der Waals surface area contributed by atoms with Crippen LogP contribution in [-0.4, -0.2) is 46.8 Å². The highest BCUT2D eigenvalue weighted by Gasteiger charge is 2.17. The van der Waals surface area contributed by atoms with Crippen LogP contribution in [0.5, 0.6) is 0 Å². The molecule has 2 aromatic rings. The van der Waals surface area contributed by atoms with E-state index in [-0.39, 0.29) is 12.6 Å². The third-order valence-corrected chi connectivity index (χ3v) is 5.11. The van der Waals surface area contributed by atoms with Crippen molar-refractivity contribution in [2.24, 2.45) is 5.92 Å². The molecule has 0 saturated heterocycles. The number of anilines is 1. The van der Waals surface area contributed by atoms with Crippen LogP contribution in [-0.2, 0) is 4.79 Å². The lowest BCUT2D eigenvalue weighted by atomic mass is 10.2. The van der Waals surface area contributed by atoms with Crippen LogP contribution in [0.1, 0.15) is 6.92 Å². The Morgan fingerprint density at radius 2 is 2.23 bits per heavy atom. The molecule has 2 amide bonds. The number of hydrogen-bond donors (Lipinski definition) is 2. The third-order valence-electron chi connectivity index (χ3n) is 3.11. The van der Waals surface area contributed by atoms with Gasteiger partial charge in [0.2, 0.25) is 0 Å². The molecule has 0 saturated carbocycles. The second-order valence-electron chi connectivity index (χ2n) is 4.92. The number of rotatable bonds is 5. The lowest BCUT2D eigenvalue weighted by Gasteiger charge is -2.20. The number of nitrogens with zero attached hydrogens (tertiary/aromatic N) is 2. The summed E-state index contributed by atoms with van der Waals surface area (Å²) in [7, 11) is 1.58. The third kappa shape index (κ3) is 3.89. The number of benzene rings is 1. The largest absolute Gasteiger partial charge is 0.481 e. The van der Waals surface area contributed by atoms with Crippen LogP contribution < -0.4 is 5.32 Å². The van der Waals surface area contributed by atoms with Crippen molar-refractivity contribution >= 4 is 51.0 Å². The summed E-state index contributed by atoms with van der Waals surface area (Å²) in [5.74, 6) is -1.53. The lowest BCUT2D eigenvalue weighted by molar-refractivity contribution is -0.141. The number of aromatic nitrogens is 1. The molecule has 1 atom stereocenters. The van der Waals surface area contributed by atoms with Crippen LogP contribution in [0.3, 0.4) is 0 Å². The standard InChI is InChI=1S/C14H17N3O3S2/c1-8(12(18)19)7-17(2)13(20)15-9-4-5-10-11(6-9)22-14(16-10)21-3/h4-6,8H,7H2,1-3H3,(H,15,20)(H,18,19). The first-order valence-corrected chi connectivity index (χ1v) is 8.64. The van der Waals surface area contributed by atoms with E-state index in [2.05, 4.69) is 10.3 Å². The van der Waals surface area contributed by atoms with Crippen molar-refractivity contribution in [3.8, 4) is 0 Å². The van der Waals surface area contributed by atoms with Crippen molar-refractivity contribution in [2.75, 3.05) is 25.2 Å². The second-order valence-corrected chi connectivity index (χ2v) is 7.00.